The van der Waals surface area contributed by atoms with Crippen LogP contribution in [0.1, 0.15) is 16.1 Å². The van der Waals surface area contributed by atoms with Crippen LogP contribution >= 0.6 is 11.8 Å². The first-order valence-electron chi connectivity index (χ1n) is 11.1. The highest BCUT2D eigenvalue weighted by atomic mass is 32.2. The Morgan fingerprint density at radius 3 is 2.19 bits per heavy atom. The molecule has 0 fully saturated rings. The Morgan fingerprint density at radius 2 is 1.56 bits per heavy atom. The highest BCUT2D eigenvalue weighted by Crippen LogP contribution is 2.34. The fourth-order valence-corrected chi connectivity index (χ4v) is 4.68. The average molecular weight is 492 g/mol. The summed E-state index contributed by atoms with van der Waals surface area (Å²) in [6, 6.07) is 32.3. The highest BCUT2D eigenvalue weighted by Gasteiger charge is 2.31. The largest absolute Gasteiger partial charge is 0.438 e. The lowest BCUT2D eigenvalue weighted by Crippen LogP contribution is -2.41. The first kappa shape index (κ1) is 23.0. The first-order valence-corrected chi connectivity index (χ1v) is 12.0. The molecule has 2 aromatic heterocycles. The monoisotopic (exact) mass is 491 g/mol. The summed E-state index contributed by atoms with van der Waals surface area (Å²) in [4.78, 5) is 30.3. The van der Waals surface area contributed by atoms with E-state index in [1.807, 2.05) is 72.8 Å². The van der Waals surface area contributed by atoms with E-state index in [4.69, 9.17) is 9.51 Å². The number of nitrogens with zero attached hydrogens (tertiary/aromatic N) is 3. The predicted octanol–water partition coefficient (Wildman–Crippen LogP) is 4.82. The zero-order valence-electron chi connectivity index (χ0n) is 18.9. The summed E-state index contributed by atoms with van der Waals surface area (Å²) in [6.45, 7) is 0. The van der Waals surface area contributed by atoms with Gasteiger partial charge in [-0.3, -0.25) is 9.32 Å². The van der Waals surface area contributed by atoms with E-state index in [0.29, 0.717) is 22.0 Å². The predicted molar refractivity (Wildman–Crippen MR) is 136 cm³/mol. The minimum Gasteiger partial charge on any atom is -0.286 e. The summed E-state index contributed by atoms with van der Waals surface area (Å²) in [5, 5.41) is 12.9. The van der Waals surface area contributed by atoms with Crippen molar-refractivity contribution in [1.29, 1.82) is 5.26 Å². The number of nitriles is 1. The molecule has 0 radical (unpaired) electrons. The molecule has 0 unspecified atom stereocenters. The molecule has 0 saturated carbocycles. The highest BCUT2D eigenvalue weighted by molar-refractivity contribution is 8.00. The van der Waals surface area contributed by atoms with Gasteiger partial charge in [-0.05, 0) is 21.6 Å². The fourth-order valence-electron chi connectivity index (χ4n) is 3.81. The van der Waals surface area contributed by atoms with Gasteiger partial charge in [0.1, 0.15) is 11.1 Å². The van der Waals surface area contributed by atoms with Gasteiger partial charge in [0.15, 0.2) is 0 Å². The molecule has 1 N–H and O–H groups in total. The van der Waals surface area contributed by atoms with Crippen molar-refractivity contribution in [3.63, 3.8) is 0 Å². The number of nitrogens with one attached hydrogen (secondary N) is 1. The zero-order valence-corrected chi connectivity index (χ0v) is 19.7. The van der Waals surface area contributed by atoms with E-state index < -0.39 is 11.4 Å². The Morgan fingerprint density at radius 1 is 0.944 bits per heavy atom. The van der Waals surface area contributed by atoms with Crippen LogP contribution in [-0.2, 0) is 0 Å². The van der Waals surface area contributed by atoms with Gasteiger partial charge in [0.25, 0.3) is 0 Å². The molecule has 0 aliphatic rings. The van der Waals surface area contributed by atoms with Crippen molar-refractivity contribution < 1.29 is 14.0 Å². The second-order valence-corrected chi connectivity index (χ2v) is 8.76. The van der Waals surface area contributed by atoms with Crippen LogP contribution in [0.4, 0.5) is 0 Å². The first-order chi connectivity index (χ1) is 17.7. The van der Waals surface area contributed by atoms with Crippen molar-refractivity contribution in [3.8, 4) is 34.1 Å². The van der Waals surface area contributed by atoms with E-state index in [9.17, 15) is 14.9 Å². The maximum absolute atomic E-state index is 13.2. The Kier molecular flexibility index (Phi) is 6.56. The van der Waals surface area contributed by atoms with Gasteiger partial charge < -0.3 is 0 Å². The van der Waals surface area contributed by atoms with Crippen LogP contribution < -0.4 is 10.3 Å². The lowest BCUT2D eigenvalue weighted by molar-refractivity contribution is -0.672. The Bertz CT molecular complexity index is 1620. The number of aromatic amines is 1. The minimum atomic E-state index is -0.763. The molecule has 7 nitrogen and oxygen atoms in total. The SMILES string of the molecule is N#Cc1c(-c2ccccc2)cc(-c2ccccc2)nc1SCC(=O)c1c(=O)o[nH][n+]1-c1ccccc1. The molecule has 0 spiro atoms. The van der Waals surface area contributed by atoms with Crippen LogP contribution in [-0.4, -0.2) is 21.8 Å². The fraction of sp³-hybridized carbons (Fsp3) is 0.0357. The maximum atomic E-state index is 13.2. The second-order valence-electron chi connectivity index (χ2n) is 7.79. The van der Waals surface area contributed by atoms with E-state index in [1.54, 1.807) is 24.3 Å². The molecule has 0 aliphatic carbocycles. The summed E-state index contributed by atoms with van der Waals surface area (Å²) >= 11 is 1.12. The summed E-state index contributed by atoms with van der Waals surface area (Å²) in [7, 11) is 0. The number of aromatic nitrogens is 3. The minimum absolute atomic E-state index is 0.108. The summed E-state index contributed by atoms with van der Waals surface area (Å²) < 4.78 is 6.23. The topological polar surface area (TPSA) is 104 Å². The van der Waals surface area contributed by atoms with Crippen molar-refractivity contribution in [2.45, 2.75) is 5.03 Å². The van der Waals surface area contributed by atoms with Gasteiger partial charge in [0, 0.05) is 23.3 Å². The molecular weight excluding hydrogens is 472 g/mol. The molecular formula is C28H19N4O3S+. The number of carbonyl (C=O) groups excluding carboxylic acids is 1. The number of pyridine rings is 1. The standard InChI is InChI=1S/C28H18N4O3S/c29-17-23-22(19-10-4-1-5-11-19)16-24(20-12-6-2-7-13-20)30-27(23)36-18-25(33)26-28(34)35-31-32(26)21-14-8-3-9-15-21/h1-16H,18H2/p+1. The average Bonchev–Trinajstić information content (AvgIpc) is 3.34. The number of ketones is 1. The van der Waals surface area contributed by atoms with Crippen LogP contribution in [0.2, 0.25) is 0 Å². The Labute approximate surface area is 210 Å². The van der Waals surface area contributed by atoms with Crippen LogP contribution in [0.3, 0.4) is 0 Å². The Hall–Kier alpha value is -4.74. The van der Waals surface area contributed by atoms with Gasteiger partial charge in [-0.25, -0.2) is 9.78 Å². The molecule has 0 aliphatic heterocycles. The number of para-hydroxylation sites is 1. The van der Waals surface area contributed by atoms with Crippen molar-refractivity contribution in [1.82, 2.24) is 10.3 Å². The normalized spacial score (nSPS) is 10.6. The summed E-state index contributed by atoms with van der Waals surface area (Å²) in [5.74, 6) is -0.556. The number of hydrogen-bond acceptors (Lipinski definition) is 6. The molecule has 3 aromatic carbocycles. The van der Waals surface area contributed by atoms with Crippen LogP contribution in [0.15, 0.2) is 111 Å². The van der Waals surface area contributed by atoms with Gasteiger partial charge in [-0.15, -0.1) is 0 Å². The number of carbonyl (C=O) groups is 1. The van der Waals surface area contributed by atoms with E-state index in [1.165, 1.54) is 4.68 Å². The molecule has 5 aromatic rings. The number of hydrogen-bond donors (Lipinski definition) is 1. The number of Topliss-reactive ketones (excluding diaryl/α,β-unsaturated/α-hetero) is 1. The number of benzene rings is 3. The van der Waals surface area contributed by atoms with Crippen LogP contribution in [0.5, 0.6) is 0 Å². The van der Waals surface area contributed by atoms with Crippen LogP contribution in [0.25, 0.3) is 28.1 Å². The lowest BCUT2D eigenvalue weighted by atomic mass is 9.99. The quantitative estimate of drug-likeness (QED) is 0.199. The van der Waals surface area contributed by atoms with Crippen molar-refractivity contribution >= 4 is 17.5 Å². The number of H-pyrrole nitrogens is 1. The second kappa shape index (κ2) is 10.3. The Balaban J connectivity index is 1.53. The molecule has 0 bridgehead atoms. The van der Waals surface area contributed by atoms with Crippen molar-refractivity contribution in [3.05, 3.63) is 119 Å². The zero-order chi connectivity index (χ0) is 24.9. The van der Waals surface area contributed by atoms with E-state index in [0.717, 1.165) is 28.5 Å². The third kappa shape index (κ3) is 4.60. The third-order valence-electron chi connectivity index (χ3n) is 5.52. The van der Waals surface area contributed by atoms with Gasteiger partial charge in [0.2, 0.25) is 11.5 Å². The lowest BCUT2D eigenvalue weighted by Gasteiger charge is -2.12. The van der Waals surface area contributed by atoms with Gasteiger partial charge in [-0.1, -0.05) is 90.6 Å². The van der Waals surface area contributed by atoms with Gasteiger partial charge in [0.05, 0.1) is 17.0 Å². The van der Waals surface area contributed by atoms with E-state index in [2.05, 4.69) is 11.3 Å². The van der Waals surface area contributed by atoms with Gasteiger partial charge in [-0.2, -0.15) is 5.26 Å². The molecule has 0 saturated heterocycles. The third-order valence-corrected chi connectivity index (χ3v) is 6.49. The van der Waals surface area contributed by atoms with Gasteiger partial charge >= 0.3 is 11.3 Å². The summed E-state index contributed by atoms with van der Waals surface area (Å²) in [6.07, 6.45) is 0. The molecule has 2 heterocycles. The van der Waals surface area contributed by atoms with E-state index in [-0.39, 0.29) is 11.4 Å². The molecule has 36 heavy (non-hydrogen) atoms. The van der Waals surface area contributed by atoms with Crippen molar-refractivity contribution in [2.24, 2.45) is 0 Å². The molecule has 174 valence electrons. The summed E-state index contributed by atoms with van der Waals surface area (Å²) in [5.41, 5.74) is 3.23. The molecule has 8 heteroatoms. The van der Waals surface area contributed by atoms with Crippen LogP contribution in [0, 0.1) is 11.3 Å². The van der Waals surface area contributed by atoms with Crippen molar-refractivity contribution in [2.75, 3.05) is 5.75 Å². The molecule has 5 rings (SSSR count). The molecule has 0 atom stereocenters. The number of thioether (sulfide) groups is 1. The molecule has 0 amide bonds. The maximum Gasteiger partial charge on any atom is 0.438 e. The smallest absolute Gasteiger partial charge is 0.286 e. The number of rotatable bonds is 7. The van der Waals surface area contributed by atoms with E-state index >= 15 is 0 Å².